The van der Waals surface area contributed by atoms with Crippen LogP contribution in [-0.4, -0.2) is 6.61 Å². The lowest BCUT2D eigenvalue weighted by Crippen LogP contribution is -2.04. The van der Waals surface area contributed by atoms with Gasteiger partial charge in [0.2, 0.25) is 0 Å². The quantitative estimate of drug-likeness (QED) is 0.162. The summed E-state index contributed by atoms with van der Waals surface area (Å²) in [6.07, 6.45) is 15.5. The molecule has 0 unspecified atom stereocenters. The van der Waals surface area contributed by atoms with E-state index in [4.69, 9.17) is 9.47 Å². The van der Waals surface area contributed by atoms with E-state index in [1.807, 2.05) is 12.5 Å². The predicted octanol–water partition coefficient (Wildman–Crippen LogP) is 15.5. The van der Waals surface area contributed by atoms with Crippen molar-refractivity contribution in [2.45, 2.75) is 6.42 Å². The molecule has 9 aromatic rings. The van der Waals surface area contributed by atoms with Crippen molar-refractivity contribution in [3.63, 3.8) is 0 Å². The molecule has 60 heavy (non-hydrogen) atoms. The first kappa shape index (κ1) is 34.4. The maximum atomic E-state index is 6.16. The monoisotopic (exact) mass is 766 g/mol. The summed E-state index contributed by atoms with van der Waals surface area (Å²) < 4.78 is 12.3. The summed E-state index contributed by atoms with van der Waals surface area (Å²) in [5.41, 5.74) is 15.2. The minimum atomic E-state index is 0.577. The van der Waals surface area contributed by atoms with Crippen molar-refractivity contribution in [2.75, 3.05) is 6.61 Å². The third-order valence-electron chi connectivity index (χ3n) is 12.4. The van der Waals surface area contributed by atoms with Crippen LogP contribution in [0.25, 0.3) is 99.2 Å². The molecular formula is C58H38O2. The number of benzene rings is 9. The number of ether oxygens (including phenoxy) is 2. The van der Waals surface area contributed by atoms with Crippen LogP contribution in [0.3, 0.4) is 0 Å². The van der Waals surface area contributed by atoms with Crippen molar-refractivity contribution in [1.82, 2.24) is 0 Å². The zero-order chi connectivity index (χ0) is 39.6. The van der Waals surface area contributed by atoms with Crippen molar-refractivity contribution in [1.29, 1.82) is 0 Å². The van der Waals surface area contributed by atoms with Gasteiger partial charge < -0.3 is 9.47 Å². The Balaban J connectivity index is 1.18. The molecule has 2 aliphatic heterocycles. The highest BCUT2D eigenvalue weighted by Gasteiger charge is 2.25. The van der Waals surface area contributed by atoms with Gasteiger partial charge in [-0.2, -0.15) is 0 Å². The fourth-order valence-electron chi connectivity index (χ4n) is 9.58. The zero-order valence-electron chi connectivity index (χ0n) is 32.9. The van der Waals surface area contributed by atoms with Crippen LogP contribution in [0, 0.1) is 0 Å². The van der Waals surface area contributed by atoms with Crippen LogP contribution in [0.2, 0.25) is 0 Å². The lowest BCUT2D eigenvalue weighted by atomic mass is 9.80. The maximum Gasteiger partial charge on any atom is 0.127 e. The number of hydrogen-bond donors (Lipinski definition) is 0. The molecular weight excluding hydrogens is 729 g/mol. The fourth-order valence-corrected chi connectivity index (χ4v) is 9.58. The molecule has 0 spiro atoms. The average Bonchev–Trinajstić information content (AvgIpc) is 3.32. The Morgan fingerprint density at radius 3 is 2.03 bits per heavy atom. The highest BCUT2D eigenvalue weighted by molar-refractivity contribution is 6.21. The summed E-state index contributed by atoms with van der Waals surface area (Å²) in [7, 11) is 0. The van der Waals surface area contributed by atoms with E-state index >= 15 is 0 Å². The van der Waals surface area contributed by atoms with E-state index in [1.54, 1.807) is 0 Å². The summed E-state index contributed by atoms with van der Waals surface area (Å²) in [5, 5.41) is 9.68. The molecule has 0 bridgehead atoms. The molecule has 0 saturated heterocycles. The van der Waals surface area contributed by atoms with E-state index in [2.05, 4.69) is 194 Å². The van der Waals surface area contributed by atoms with E-state index in [9.17, 15) is 0 Å². The lowest BCUT2D eigenvalue weighted by molar-refractivity contribution is 0.359. The Morgan fingerprint density at radius 1 is 0.417 bits per heavy atom. The summed E-state index contributed by atoms with van der Waals surface area (Å²) in [4.78, 5) is 0. The first-order valence-corrected chi connectivity index (χ1v) is 20.7. The summed E-state index contributed by atoms with van der Waals surface area (Å²) in [6.45, 7) is 0.577. The maximum absolute atomic E-state index is 6.16. The van der Waals surface area contributed by atoms with Crippen molar-refractivity contribution >= 4 is 54.7 Å². The topological polar surface area (TPSA) is 18.5 Å². The molecule has 0 atom stereocenters. The second kappa shape index (κ2) is 14.0. The standard InChI is InChI=1S/C58H38O2/c1-2-13-40-29-41(24-22-37(40)11-1)42-26-27-53-54(33-42)57(51-19-7-8-20-52(51)58(53)55-36-59-35-44-14-4-6-18-49(44)55)47-31-45(43-25-23-39-16-10-28-60-56(39)34-43)30-46(32-47)50-21-9-15-38-12-3-5-17-48(38)50/h1-13,15-27,29-36H,14,28H2. The van der Waals surface area contributed by atoms with Gasteiger partial charge in [-0.3, -0.25) is 0 Å². The summed E-state index contributed by atoms with van der Waals surface area (Å²) in [5.74, 6) is 0.913. The highest BCUT2D eigenvalue weighted by Crippen LogP contribution is 2.48. The Kier molecular flexibility index (Phi) is 8.02. The predicted molar refractivity (Wildman–Crippen MR) is 252 cm³/mol. The van der Waals surface area contributed by atoms with Gasteiger partial charge in [-0.25, -0.2) is 0 Å². The van der Waals surface area contributed by atoms with Crippen LogP contribution in [0.4, 0.5) is 0 Å². The van der Waals surface area contributed by atoms with Gasteiger partial charge in [0.1, 0.15) is 12.4 Å². The molecule has 2 nitrogen and oxygen atoms in total. The fraction of sp³-hybridized carbons (Fsp3) is 0.0345. The van der Waals surface area contributed by atoms with E-state index < -0.39 is 0 Å². The Hall–Kier alpha value is -7.68. The summed E-state index contributed by atoms with van der Waals surface area (Å²) in [6, 6.07) is 60.5. The van der Waals surface area contributed by atoms with Crippen molar-refractivity contribution < 1.29 is 9.47 Å². The second-order valence-electron chi connectivity index (χ2n) is 15.9. The van der Waals surface area contributed by atoms with Crippen molar-refractivity contribution in [3.8, 4) is 50.3 Å². The van der Waals surface area contributed by atoms with Crippen molar-refractivity contribution in [3.05, 3.63) is 223 Å². The molecule has 0 fully saturated rings. The van der Waals surface area contributed by atoms with Crippen LogP contribution >= 0.6 is 0 Å². The largest absolute Gasteiger partial charge is 0.489 e. The molecule has 0 radical (unpaired) electrons. The van der Waals surface area contributed by atoms with Gasteiger partial charge in [-0.05, 0) is 148 Å². The van der Waals surface area contributed by atoms with E-state index in [0.29, 0.717) is 6.61 Å². The van der Waals surface area contributed by atoms with E-state index in [1.165, 1.54) is 87.6 Å². The third kappa shape index (κ3) is 5.72. The van der Waals surface area contributed by atoms with Gasteiger partial charge >= 0.3 is 0 Å². The minimum absolute atomic E-state index is 0.577. The van der Waals surface area contributed by atoms with Gasteiger partial charge in [0, 0.05) is 16.7 Å². The van der Waals surface area contributed by atoms with E-state index in [0.717, 1.165) is 40.0 Å². The van der Waals surface area contributed by atoms with Crippen LogP contribution in [0.15, 0.2) is 212 Å². The first-order valence-electron chi connectivity index (χ1n) is 20.7. The SMILES string of the molecule is C1=CCC2=COC=C(c3c4ccccc4c(-c4cc(-c5ccc6c(c5)OCC=C6)cc(-c5cccc6ccccc56)c4)c4cc(-c5ccc6ccccc6c5)ccc34)C2=C1. The molecule has 12 rings (SSSR count). The van der Waals surface area contributed by atoms with Gasteiger partial charge in [-0.15, -0.1) is 0 Å². The third-order valence-corrected chi connectivity index (χ3v) is 12.4. The first-order chi connectivity index (χ1) is 29.7. The number of fused-ring (bicyclic) bond motifs is 6. The molecule has 0 saturated carbocycles. The second-order valence-corrected chi connectivity index (χ2v) is 15.9. The van der Waals surface area contributed by atoms with Crippen molar-refractivity contribution in [2.24, 2.45) is 0 Å². The van der Waals surface area contributed by atoms with Crippen LogP contribution in [0.5, 0.6) is 5.75 Å². The van der Waals surface area contributed by atoms with Gasteiger partial charge in [0.05, 0.1) is 12.5 Å². The molecule has 282 valence electrons. The number of allylic oxidation sites excluding steroid dienone is 6. The van der Waals surface area contributed by atoms with Gasteiger partial charge in [-0.1, -0.05) is 152 Å². The number of hydrogen-bond acceptors (Lipinski definition) is 2. The molecule has 0 N–H and O–H groups in total. The van der Waals surface area contributed by atoms with Crippen LogP contribution < -0.4 is 4.74 Å². The summed E-state index contributed by atoms with van der Waals surface area (Å²) >= 11 is 0. The normalized spacial score (nSPS) is 14.3. The smallest absolute Gasteiger partial charge is 0.127 e. The molecule has 3 aliphatic rings. The average molecular weight is 767 g/mol. The Labute approximate surface area is 349 Å². The molecule has 9 aromatic carbocycles. The zero-order valence-corrected chi connectivity index (χ0v) is 32.9. The molecule has 1 aliphatic carbocycles. The molecule has 2 heterocycles. The lowest BCUT2D eigenvalue weighted by Gasteiger charge is -2.25. The number of rotatable bonds is 5. The van der Waals surface area contributed by atoms with Crippen LogP contribution in [-0.2, 0) is 4.74 Å². The molecule has 0 aromatic heterocycles. The Bertz CT molecular complexity index is 3420. The van der Waals surface area contributed by atoms with E-state index in [-0.39, 0.29) is 0 Å². The van der Waals surface area contributed by atoms with Gasteiger partial charge in [0.25, 0.3) is 0 Å². The van der Waals surface area contributed by atoms with Gasteiger partial charge in [0.15, 0.2) is 0 Å². The molecule has 0 amide bonds. The molecule has 2 heteroatoms. The highest BCUT2D eigenvalue weighted by atomic mass is 16.5. The van der Waals surface area contributed by atoms with Crippen LogP contribution in [0.1, 0.15) is 17.5 Å². The Morgan fingerprint density at radius 2 is 1.12 bits per heavy atom. The minimum Gasteiger partial charge on any atom is -0.489 e.